The normalized spacial score (nSPS) is 11.9. The van der Waals surface area contributed by atoms with Gasteiger partial charge in [0, 0.05) is 49.4 Å². The minimum absolute atomic E-state index is 0.380. The molecule has 0 amide bonds. The van der Waals surface area contributed by atoms with Gasteiger partial charge in [-0.05, 0) is 159 Å². The number of nitrogens with zero attached hydrogens (tertiary/aromatic N) is 5. The molecule has 13 rings (SSSR count). The van der Waals surface area contributed by atoms with Gasteiger partial charge in [-0.2, -0.15) is 13.2 Å². The van der Waals surface area contributed by atoms with Crippen LogP contribution in [0.5, 0.6) is 0 Å². The van der Waals surface area contributed by atoms with Crippen molar-refractivity contribution in [2.45, 2.75) is 47.7 Å². The summed E-state index contributed by atoms with van der Waals surface area (Å²) < 4.78 is 50.9. The number of aromatic nitrogens is 5. The van der Waals surface area contributed by atoms with Crippen LogP contribution in [0.25, 0.3) is 123 Å². The maximum atomic E-state index is 15.5. The minimum Gasteiger partial charge on any atom is -0.309 e. The number of hydrogen-bond acceptors (Lipinski definition) is 3. The van der Waals surface area contributed by atoms with Crippen molar-refractivity contribution in [3.05, 3.63) is 245 Å². The molecule has 0 fully saturated rings. The molecule has 13 aromatic rings. The van der Waals surface area contributed by atoms with Gasteiger partial charge in [0.25, 0.3) is 0 Å². The first-order valence-corrected chi connectivity index (χ1v) is 26.2. The average Bonchev–Trinajstić information content (AvgIpc) is 4.17. The molecular formula is C70H52F3N5. The van der Waals surface area contributed by atoms with Crippen LogP contribution >= 0.6 is 0 Å². The summed E-state index contributed by atoms with van der Waals surface area (Å²) >= 11 is 0. The van der Waals surface area contributed by atoms with Gasteiger partial charge in [0.05, 0.1) is 39.0 Å². The van der Waals surface area contributed by atoms with Crippen LogP contribution in [0.4, 0.5) is 13.2 Å². The fraction of sp³-hybridized carbons (Fsp3) is 0.100. The average molecular weight is 1020 g/mol. The largest absolute Gasteiger partial charge is 0.416 e. The lowest BCUT2D eigenvalue weighted by atomic mass is 9.93. The van der Waals surface area contributed by atoms with E-state index in [-0.39, 0.29) is 0 Å². The van der Waals surface area contributed by atoms with Gasteiger partial charge in [-0.3, -0.25) is 0 Å². The van der Waals surface area contributed by atoms with Crippen LogP contribution in [-0.4, -0.2) is 24.1 Å². The quantitative estimate of drug-likeness (QED) is 0.152. The van der Waals surface area contributed by atoms with Gasteiger partial charge >= 0.3 is 6.18 Å². The third kappa shape index (κ3) is 8.23. The number of aryl methyl sites for hydroxylation is 6. The fourth-order valence-corrected chi connectivity index (χ4v) is 12.2. The molecule has 0 N–H and O–H groups in total. The van der Waals surface area contributed by atoms with Crippen LogP contribution in [0.1, 0.15) is 38.9 Å². The first kappa shape index (κ1) is 48.3. The topological polar surface area (TPSA) is 48.5 Å². The molecule has 0 bridgehead atoms. The van der Waals surface area contributed by atoms with E-state index in [1.165, 1.54) is 56.6 Å². The number of alkyl halides is 3. The van der Waals surface area contributed by atoms with E-state index in [1.807, 2.05) is 103 Å². The van der Waals surface area contributed by atoms with E-state index in [4.69, 9.17) is 15.0 Å². The summed E-state index contributed by atoms with van der Waals surface area (Å²) in [5, 5.41) is 4.02. The highest BCUT2D eigenvalue weighted by atomic mass is 19.4. The van der Waals surface area contributed by atoms with Crippen molar-refractivity contribution in [1.82, 2.24) is 24.1 Å². The molecule has 0 spiro atoms. The highest BCUT2D eigenvalue weighted by molar-refractivity contribution is 6.13. The van der Waals surface area contributed by atoms with Crippen LogP contribution < -0.4 is 0 Å². The second kappa shape index (κ2) is 18.7. The van der Waals surface area contributed by atoms with Crippen molar-refractivity contribution in [3.8, 4) is 78.9 Å². The van der Waals surface area contributed by atoms with Gasteiger partial charge in [-0.1, -0.05) is 145 Å². The zero-order chi connectivity index (χ0) is 53.6. The van der Waals surface area contributed by atoms with E-state index < -0.39 is 11.7 Å². The molecule has 0 aliphatic rings. The molecule has 10 aromatic carbocycles. The maximum absolute atomic E-state index is 15.5. The summed E-state index contributed by atoms with van der Waals surface area (Å²) in [7, 11) is 0. The van der Waals surface area contributed by atoms with E-state index in [1.54, 1.807) is 6.07 Å². The molecule has 0 aliphatic carbocycles. The SMILES string of the molecule is Cc1cc(C)c(-c2ccc3c(c2)c2ccccc2n3-c2ccc(-c3nc(-c4ccccc4)nc(-c4ccccc4)n3)cc2-c2cc(C(F)(F)F)ccc2-n2c3ccccc3c3cc(-c4c(C)cc(C)cc4C)ccc32)c(C)c1. The smallest absolute Gasteiger partial charge is 0.309 e. The Balaban J connectivity index is 1.12. The Morgan fingerprint density at radius 1 is 0.321 bits per heavy atom. The van der Waals surface area contributed by atoms with Gasteiger partial charge in [0.1, 0.15) is 0 Å². The molecule has 0 saturated carbocycles. The van der Waals surface area contributed by atoms with Gasteiger partial charge in [0.15, 0.2) is 17.5 Å². The summed E-state index contributed by atoms with van der Waals surface area (Å²) in [5.74, 6) is 1.33. The predicted octanol–water partition coefficient (Wildman–Crippen LogP) is 18.9. The van der Waals surface area contributed by atoms with Crippen molar-refractivity contribution < 1.29 is 13.2 Å². The third-order valence-electron chi connectivity index (χ3n) is 15.3. The van der Waals surface area contributed by atoms with Crippen LogP contribution in [0.3, 0.4) is 0 Å². The summed E-state index contributed by atoms with van der Waals surface area (Å²) in [6.45, 7) is 12.8. The van der Waals surface area contributed by atoms with Crippen molar-refractivity contribution in [1.29, 1.82) is 0 Å². The molecule has 378 valence electrons. The van der Waals surface area contributed by atoms with E-state index in [9.17, 15) is 0 Å². The molecule has 78 heavy (non-hydrogen) atoms. The zero-order valence-corrected chi connectivity index (χ0v) is 44.0. The predicted molar refractivity (Wildman–Crippen MR) is 315 cm³/mol. The number of halogens is 3. The molecule has 0 aliphatic heterocycles. The van der Waals surface area contributed by atoms with Crippen LogP contribution in [0, 0.1) is 41.5 Å². The Morgan fingerprint density at radius 3 is 1.14 bits per heavy atom. The third-order valence-corrected chi connectivity index (χ3v) is 15.3. The second-order valence-corrected chi connectivity index (χ2v) is 20.7. The van der Waals surface area contributed by atoms with Crippen molar-refractivity contribution in [2.24, 2.45) is 0 Å². The van der Waals surface area contributed by atoms with Crippen molar-refractivity contribution in [3.63, 3.8) is 0 Å². The van der Waals surface area contributed by atoms with E-state index in [0.717, 1.165) is 65.9 Å². The highest BCUT2D eigenvalue weighted by Crippen LogP contribution is 2.46. The van der Waals surface area contributed by atoms with E-state index in [2.05, 4.69) is 136 Å². The van der Waals surface area contributed by atoms with Crippen molar-refractivity contribution >= 4 is 43.6 Å². The zero-order valence-electron chi connectivity index (χ0n) is 44.0. The molecule has 0 unspecified atom stereocenters. The number of para-hydroxylation sites is 2. The van der Waals surface area contributed by atoms with Gasteiger partial charge in [0.2, 0.25) is 0 Å². The Hall–Kier alpha value is -9.40. The molecule has 0 saturated heterocycles. The number of hydrogen-bond donors (Lipinski definition) is 0. The summed E-state index contributed by atoms with van der Waals surface area (Å²) in [6.07, 6.45) is -4.66. The van der Waals surface area contributed by atoms with Gasteiger partial charge < -0.3 is 9.13 Å². The van der Waals surface area contributed by atoms with Gasteiger partial charge in [-0.15, -0.1) is 0 Å². The fourth-order valence-electron chi connectivity index (χ4n) is 12.2. The Labute approximate surface area is 450 Å². The van der Waals surface area contributed by atoms with Crippen LogP contribution in [0.15, 0.2) is 206 Å². The van der Waals surface area contributed by atoms with Crippen LogP contribution in [-0.2, 0) is 6.18 Å². The minimum atomic E-state index is -4.66. The Bertz CT molecular complexity index is 4440. The number of fused-ring (bicyclic) bond motifs is 6. The first-order chi connectivity index (χ1) is 37.8. The number of benzene rings is 10. The van der Waals surface area contributed by atoms with E-state index >= 15 is 13.2 Å². The summed E-state index contributed by atoms with van der Waals surface area (Å²) in [4.78, 5) is 15.2. The maximum Gasteiger partial charge on any atom is 0.416 e. The van der Waals surface area contributed by atoms with E-state index in [0.29, 0.717) is 45.5 Å². The molecule has 5 nitrogen and oxygen atoms in total. The molecular weight excluding hydrogens is 968 g/mol. The monoisotopic (exact) mass is 1020 g/mol. The highest BCUT2D eigenvalue weighted by Gasteiger charge is 2.33. The lowest BCUT2D eigenvalue weighted by molar-refractivity contribution is -0.137. The summed E-state index contributed by atoms with van der Waals surface area (Å²) in [5.41, 5.74) is 18.9. The van der Waals surface area contributed by atoms with Crippen molar-refractivity contribution in [2.75, 3.05) is 0 Å². The molecule has 3 aromatic heterocycles. The molecule has 3 heterocycles. The molecule has 8 heteroatoms. The lowest BCUT2D eigenvalue weighted by Gasteiger charge is -2.21. The first-order valence-electron chi connectivity index (χ1n) is 26.2. The second-order valence-electron chi connectivity index (χ2n) is 20.7. The lowest BCUT2D eigenvalue weighted by Crippen LogP contribution is -2.08. The van der Waals surface area contributed by atoms with Crippen LogP contribution in [0.2, 0.25) is 0 Å². The summed E-state index contributed by atoms with van der Waals surface area (Å²) in [6, 6.07) is 68.0. The van der Waals surface area contributed by atoms with Gasteiger partial charge in [-0.25, -0.2) is 15.0 Å². The number of rotatable bonds is 8. The molecule has 0 atom stereocenters. The Morgan fingerprint density at radius 2 is 0.692 bits per heavy atom. The Kier molecular flexibility index (Phi) is 11.6. The standard InChI is InChI=1S/C70H52F3N5/c1-41-33-43(3)65(44(4)34-41)49-25-29-61-55(37-49)53-21-13-15-23-59(53)77(61)63-31-27-51(69-75-67(47-17-9-7-10-18-47)74-68(76-69)48-19-11-8-12-20-48)39-57(63)58-40-52(70(71,72)73)28-32-64(58)78-60-24-16-14-22-54(60)56-38-50(26-30-62(56)78)66-45(5)35-42(2)36-46(66)6/h7-40H,1-6H3. The molecule has 0 radical (unpaired) electrons.